The van der Waals surface area contributed by atoms with Gasteiger partial charge in [-0.3, -0.25) is 15.1 Å². The van der Waals surface area contributed by atoms with E-state index >= 15 is 0 Å². The summed E-state index contributed by atoms with van der Waals surface area (Å²) < 4.78 is 10.8. The van der Waals surface area contributed by atoms with Crippen molar-refractivity contribution in [3.05, 3.63) is 65.2 Å². The number of hydrogen-bond donors (Lipinski definition) is 1. The molecular weight excluding hydrogens is 326 g/mol. The van der Waals surface area contributed by atoms with E-state index in [-0.39, 0.29) is 17.4 Å². The van der Waals surface area contributed by atoms with E-state index in [2.05, 4.69) is 20.3 Å². The van der Waals surface area contributed by atoms with Crippen molar-refractivity contribution in [2.45, 2.75) is 0 Å². The first-order chi connectivity index (χ1) is 12.2. The molecule has 0 fully saturated rings. The molecule has 0 spiro atoms. The van der Waals surface area contributed by atoms with Crippen LogP contribution in [0.5, 0.6) is 17.4 Å². The van der Waals surface area contributed by atoms with E-state index in [0.717, 1.165) is 0 Å². The fourth-order valence-corrected chi connectivity index (χ4v) is 2.07. The van der Waals surface area contributed by atoms with Crippen molar-refractivity contribution in [1.29, 1.82) is 0 Å². The molecule has 0 saturated carbocycles. The summed E-state index contributed by atoms with van der Waals surface area (Å²) in [5.74, 6) is 0.554. The second-order valence-corrected chi connectivity index (χ2v) is 4.75. The SMILES string of the molecule is COc1ccccc1Oc1ncnc(Nc2ccncc2)c1[N+](=O)[O-]. The molecule has 0 bridgehead atoms. The van der Waals surface area contributed by atoms with Crippen LogP contribution in [0.2, 0.25) is 0 Å². The van der Waals surface area contributed by atoms with Gasteiger partial charge in [-0.2, -0.15) is 4.98 Å². The maximum absolute atomic E-state index is 11.5. The highest BCUT2D eigenvalue weighted by atomic mass is 16.6. The largest absolute Gasteiger partial charge is 0.493 e. The minimum absolute atomic E-state index is 0.0103. The molecule has 3 rings (SSSR count). The van der Waals surface area contributed by atoms with Crippen LogP contribution in [0.4, 0.5) is 17.2 Å². The molecule has 0 unspecified atom stereocenters. The lowest BCUT2D eigenvalue weighted by molar-refractivity contribution is -0.385. The number of methoxy groups -OCH3 is 1. The van der Waals surface area contributed by atoms with E-state index in [1.54, 1.807) is 48.8 Å². The van der Waals surface area contributed by atoms with E-state index in [4.69, 9.17) is 9.47 Å². The van der Waals surface area contributed by atoms with Gasteiger partial charge in [0.25, 0.3) is 0 Å². The molecule has 2 heterocycles. The monoisotopic (exact) mass is 339 g/mol. The highest BCUT2D eigenvalue weighted by molar-refractivity contribution is 5.68. The zero-order chi connectivity index (χ0) is 17.6. The van der Waals surface area contributed by atoms with E-state index in [1.807, 2.05) is 0 Å². The molecule has 0 atom stereocenters. The molecule has 1 aromatic carbocycles. The Kier molecular flexibility index (Phi) is 4.65. The number of nitrogens with zero attached hydrogens (tertiary/aromatic N) is 4. The molecule has 0 amide bonds. The normalized spacial score (nSPS) is 10.1. The molecule has 0 radical (unpaired) electrons. The Hall–Kier alpha value is -3.75. The minimum Gasteiger partial charge on any atom is -0.493 e. The lowest BCUT2D eigenvalue weighted by Gasteiger charge is -2.11. The van der Waals surface area contributed by atoms with E-state index < -0.39 is 4.92 Å². The second-order valence-electron chi connectivity index (χ2n) is 4.75. The van der Waals surface area contributed by atoms with Crippen molar-refractivity contribution < 1.29 is 14.4 Å². The third-order valence-corrected chi connectivity index (χ3v) is 3.19. The van der Waals surface area contributed by atoms with Crippen LogP contribution >= 0.6 is 0 Å². The first-order valence-corrected chi connectivity index (χ1v) is 7.16. The van der Waals surface area contributed by atoms with Gasteiger partial charge in [-0.05, 0) is 24.3 Å². The first-order valence-electron chi connectivity index (χ1n) is 7.16. The molecule has 3 aromatic rings. The van der Waals surface area contributed by atoms with Crippen LogP contribution in [-0.4, -0.2) is 27.0 Å². The van der Waals surface area contributed by atoms with Gasteiger partial charge < -0.3 is 14.8 Å². The quantitative estimate of drug-likeness (QED) is 0.537. The van der Waals surface area contributed by atoms with Gasteiger partial charge in [-0.1, -0.05) is 12.1 Å². The highest BCUT2D eigenvalue weighted by Crippen LogP contribution is 2.38. The summed E-state index contributed by atoms with van der Waals surface area (Å²) in [5.41, 5.74) is 0.213. The summed E-state index contributed by atoms with van der Waals surface area (Å²) in [6, 6.07) is 10.1. The number of nitro groups is 1. The number of rotatable bonds is 6. The fourth-order valence-electron chi connectivity index (χ4n) is 2.07. The zero-order valence-corrected chi connectivity index (χ0v) is 13.1. The Labute approximate surface area is 142 Å². The minimum atomic E-state index is -0.603. The summed E-state index contributed by atoms with van der Waals surface area (Å²) in [7, 11) is 1.48. The van der Waals surface area contributed by atoms with Crippen LogP contribution in [0.1, 0.15) is 0 Å². The third kappa shape index (κ3) is 3.61. The maximum atomic E-state index is 11.5. The van der Waals surface area contributed by atoms with Gasteiger partial charge in [0.15, 0.2) is 11.5 Å². The lowest BCUT2D eigenvalue weighted by Crippen LogP contribution is -2.04. The Morgan fingerprint density at radius 2 is 1.80 bits per heavy atom. The molecule has 0 aliphatic heterocycles. The van der Waals surface area contributed by atoms with Crippen molar-refractivity contribution in [3.8, 4) is 17.4 Å². The van der Waals surface area contributed by atoms with Gasteiger partial charge in [0.05, 0.1) is 12.0 Å². The van der Waals surface area contributed by atoms with Crippen molar-refractivity contribution in [2.24, 2.45) is 0 Å². The van der Waals surface area contributed by atoms with Gasteiger partial charge in [0, 0.05) is 18.1 Å². The molecule has 9 heteroatoms. The molecule has 0 saturated heterocycles. The fraction of sp³-hybridized carbons (Fsp3) is 0.0625. The Bertz CT molecular complexity index is 889. The lowest BCUT2D eigenvalue weighted by atomic mass is 10.3. The number of anilines is 2. The summed E-state index contributed by atoms with van der Waals surface area (Å²) >= 11 is 0. The summed E-state index contributed by atoms with van der Waals surface area (Å²) in [5, 5.41) is 14.4. The standard InChI is InChI=1S/C16H13N5O4/c1-24-12-4-2-3-5-13(12)25-16-14(21(22)23)15(18-10-19-16)20-11-6-8-17-9-7-11/h2-10H,1H3,(H,17,18,19,20). The van der Waals surface area contributed by atoms with Gasteiger partial charge in [-0.25, -0.2) is 4.98 Å². The van der Waals surface area contributed by atoms with Gasteiger partial charge in [0.2, 0.25) is 5.82 Å². The van der Waals surface area contributed by atoms with Crippen molar-refractivity contribution in [3.63, 3.8) is 0 Å². The van der Waals surface area contributed by atoms with Crippen LogP contribution < -0.4 is 14.8 Å². The molecule has 1 N–H and O–H groups in total. The summed E-state index contributed by atoms with van der Waals surface area (Å²) in [6.07, 6.45) is 4.30. The van der Waals surface area contributed by atoms with Crippen LogP contribution in [0.3, 0.4) is 0 Å². The van der Waals surface area contributed by atoms with E-state index in [0.29, 0.717) is 17.2 Å². The number of aromatic nitrogens is 3. The zero-order valence-electron chi connectivity index (χ0n) is 13.1. The third-order valence-electron chi connectivity index (χ3n) is 3.19. The predicted octanol–water partition coefficient (Wildman–Crippen LogP) is 3.32. The topological polar surface area (TPSA) is 112 Å². The van der Waals surface area contributed by atoms with Crippen LogP contribution in [-0.2, 0) is 0 Å². The molecule has 0 aliphatic rings. The van der Waals surface area contributed by atoms with Crippen LogP contribution in [0.25, 0.3) is 0 Å². The van der Waals surface area contributed by atoms with E-state index in [9.17, 15) is 10.1 Å². The first kappa shape index (κ1) is 16.1. The number of nitrogens with one attached hydrogen (secondary N) is 1. The van der Waals surface area contributed by atoms with Gasteiger partial charge in [0.1, 0.15) is 6.33 Å². The van der Waals surface area contributed by atoms with E-state index in [1.165, 1.54) is 13.4 Å². The van der Waals surface area contributed by atoms with Gasteiger partial charge >= 0.3 is 11.6 Å². The molecule has 0 aliphatic carbocycles. The Morgan fingerprint density at radius 1 is 1.08 bits per heavy atom. The smallest absolute Gasteiger partial charge is 0.373 e. The molecule has 25 heavy (non-hydrogen) atoms. The Balaban J connectivity index is 1.99. The number of hydrogen-bond acceptors (Lipinski definition) is 8. The number of para-hydroxylation sites is 2. The molecular formula is C16H13N5O4. The molecule has 2 aromatic heterocycles. The van der Waals surface area contributed by atoms with Crippen LogP contribution in [0, 0.1) is 10.1 Å². The van der Waals surface area contributed by atoms with Crippen LogP contribution in [0.15, 0.2) is 55.1 Å². The highest BCUT2D eigenvalue weighted by Gasteiger charge is 2.26. The van der Waals surface area contributed by atoms with Gasteiger partial charge in [-0.15, -0.1) is 0 Å². The number of pyridine rings is 1. The van der Waals surface area contributed by atoms with Crippen molar-refractivity contribution in [2.75, 3.05) is 12.4 Å². The summed E-state index contributed by atoms with van der Waals surface area (Å²) in [4.78, 5) is 22.7. The van der Waals surface area contributed by atoms with Crippen molar-refractivity contribution >= 4 is 17.2 Å². The average molecular weight is 339 g/mol. The second kappa shape index (κ2) is 7.21. The Morgan fingerprint density at radius 3 is 2.48 bits per heavy atom. The van der Waals surface area contributed by atoms with Crippen molar-refractivity contribution in [1.82, 2.24) is 15.0 Å². The molecule has 126 valence electrons. The average Bonchev–Trinajstić information content (AvgIpc) is 2.63. The number of benzene rings is 1. The summed E-state index contributed by atoms with van der Waals surface area (Å²) in [6.45, 7) is 0. The maximum Gasteiger partial charge on any atom is 0.373 e. The predicted molar refractivity (Wildman–Crippen MR) is 89.3 cm³/mol. The number of ether oxygens (including phenoxy) is 2. The molecule has 9 nitrogen and oxygen atoms in total.